The lowest BCUT2D eigenvalue weighted by Crippen LogP contribution is -3.13. The summed E-state index contributed by atoms with van der Waals surface area (Å²) in [6.45, 7) is 9.45. The predicted octanol–water partition coefficient (Wildman–Crippen LogP) is 2.51. The number of nitrogens with one attached hydrogen (secondary N) is 1. The van der Waals surface area contributed by atoms with Crippen LogP contribution in [0, 0.1) is 13.8 Å². The second-order valence-corrected chi connectivity index (χ2v) is 7.67. The molecule has 2 aromatic carbocycles. The minimum absolute atomic E-state index is 0.256. The topological polar surface area (TPSA) is 40.3 Å². The summed E-state index contributed by atoms with van der Waals surface area (Å²) in [6, 6.07) is 12.1. The van der Waals surface area contributed by atoms with Crippen molar-refractivity contribution in [3.63, 3.8) is 0 Å². The fourth-order valence-electron chi connectivity index (χ4n) is 3.19. The van der Waals surface area contributed by atoms with E-state index in [1.54, 1.807) is 17.2 Å². The summed E-state index contributed by atoms with van der Waals surface area (Å²) < 4.78 is 0.939. The van der Waals surface area contributed by atoms with E-state index in [9.17, 15) is 5.11 Å². The molecule has 132 valence electrons. The zero-order valence-electron chi connectivity index (χ0n) is 14.8. The summed E-state index contributed by atoms with van der Waals surface area (Å²) in [5.74, 6) is 0.256. The van der Waals surface area contributed by atoms with Crippen LogP contribution in [0.1, 0.15) is 22.3 Å². The normalized spacial score (nSPS) is 15.9. The van der Waals surface area contributed by atoms with E-state index in [0.29, 0.717) is 0 Å². The number of nitrogens with zero attached hydrogens (tertiary/aromatic N) is 2. The molecule has 1 aliphatic rings. The number of hydrogen-bond acceptors (Lipinski definition) is 3. The van der Waals surface area contributed by atoms with Crippen molar-refractivity contribution in [2.24, 2.45) is 5.10 Å². The molecule has 0 saturated carbocycles. The van der Waals surface area contributed by atoms with Crippen LogP contribution in [-0.2, 0) is 6.54 Å². The van der Waals surface area contributed by atoms with Crippen molar-refractivity contribution in [3.8, 4) is 5.75 Å². The SMILES string of the molecule is Cc1ccc(C[NH+]2CCN(/N=C/c3cc(Br)ccc3O)CC2)c(C)c1. The maximum atomic E-state index is 9.88. The molecule has 0 unspecified atom stereocenters. The highest BCUT2D eigenvalue weighted by atomic mass is 79.9. The monoisotopic (exact) mass is 402 g/mol. The van der Waals surface area contributed by atoms with Gasteiger partial charge in [0.25, 0.3) is 0 Å². The molecule has 4 nitrogen and oxygen atoms in total. The molecule has 2 N–H and O–H groups in total. The minimum atomic E-state index is 0.256. The van der Waals surface area contributed by atoms with E-state index in [2.05, 4.69) is 58.1 Å². The van der Waals surface area contributed by atoms with Gasteiger partial charge in [0, 0.05) is 15.6 Å². The molecular formula is C20H25BrN3O+. The van der Waals surface area contributed by atoms with Crippen LogP contribution in [0.5, 0.6) is 5.75 Å². The summed E-state index contributed by atoms with van der Waals surface area (Å²) in [5.41, 5.74) is 4.89. The van der Waals surface area contributed by atoms with Gasteiger partial charge in [0.05, 0.1) is 32.4 Å². The maximum Gasteiger partial charge on any atom is 0.124 e. The number of piperazine rings is 1. The third-order valence-corrected chi connectivity index (χ3v) is 5.23. The molecule has 1 saturated heterocycles. The molecule has 0 amide bonds. The summed E-state index contributed by atoms with van der Waals surface area (Å²) in [6.07, 6.45) is 1.75. The first-order chi connectivity index (χ1) is 12.0. The molecule has 1 fully saturated rings. The Morgan fingerprint density at radius 1 is 1.16 bits per heavy atom. The van der Waals surface area contributed by atoms with Crippen LogP contribution >= 0.6 is 15.9 Å². The van der Waals surface area contributed by atoms with Gasteiger partial charge in [-0.1, -0.05) is 39.7 Å². The van der Waals surface area contributed by atoms with E-state index in [4.69, 9.17) is 0 Å². The van der Waals surface area contributed by atoms with Crippen LogP contribution in [0.15, 0.2) is 46.0 Å². The van der Waals surface area contributed by atoms with E-state index < -0.39 is 0 Å². The zero-order chi connectivity index (χ0) is 17.8. The lowest BCUT2D eigenvalue weighted by Gasteiger charge is -2.30. The number of aryl methyl sites for hydroxylation is 2. The number of phenolic OH excluding ortho intramolecular Hbond substituents is 1. The highest BCUT2D eigenvalue weighted by Gasteiger charge is 2.19. The standard InChI is InChI=1S/C20H24BrN3O/c1-15-3-4-17(16(2)11-15)14-23-7-9-24(10-8-23)22-13-18-12-19(21)5-6-20(18)25/h3-6,11-13,25H,7-10,14H2,1-2H3/p+1/b22-13+. The fourth-order valence-corrected chi connectivity index (χ4v) is 3.57. The van der Waals surface area contributed by atoms with Crippen LogP contribution in [0.2, 0.25) is 0 Å². The number of rotatable bonds is 4. The molecule has 0 radical (unpaired) electrons. The van der Waals surface area contributed by atoms with Crippen molar-refractivity contribution in [3.05, 3.63) is 63.1 Å². The van der Waals surface area contributed by atoms with Crippen molar-refractivity contribution in [2.75, 3.05) is 26.2 Å². The van der Waals surface area contributed by atoms with Crippen LogP contribution in [0.25, 0.3) is 0 Å². The Kier molecular flexibility index (Phi) is 5.76. The number of aromatic hydroxyl groups is 1. The first-order valence-corrected chi connectivity index (χ1v) is 9.48. The number of hydrogen-bond donors (Lipinski definition) is 2. The Labute approximate surface area is 157 Å². The molecule has 0 aliphatic carbocycles. The first-order valence-electron chi connectivity index (χ1n) is 8.68. The molecular weight excluding hydrogens is 378 g/mol. The molecule has 1 aliphatic heterocycles. The van der Waals surface area contributed by atoms with Gasteiger partial charge in [-0.2, -0.15) is 5.10 Å². The van der Waals surface area contributed by atoms with Crippen molar-refractivity contribution in [2.45, 2.75) is 20.4 Å². The van der Waals surface area contributed by atoms with Gasteiger partial charge in [-0.05, 0) is 37.6 Å². The van der Waals surface area contributed by atoms with E-state index in [1.165, 1.54) is 16.7 Å². The summed E-state index contributed by atoms with van der Waals surface area (Å²) >= 11 is 3.42. The smallest absolute Gasteiger partial charge is 0.124 e. The molecule has 1 heterocycles. The van der Waals surface area contributed by atoms with Crippen LogP contribution in [0.3, 0.4) is 0 Å². The number of halogens is 1. The second-order valence-electron chi connectivity index (χ2n) is 6.76. The van der Waals surface area contributed by atoms with Gasteiger partial charge in [0.2, 0.25) is 0 Å². The third kappa shape index (κ3) is 4.83. The van der Waals surface area contributed by atoms with Gasteiger partial charge >= 0.3 is 0 Å². The van der Waals surface area contributed by atoms with Crippen molar-refractivity contribution in [1.82, 2.24) is 5.01 Å². The van der Waals surface area contributed by atoms with Gasteiger partial charge in [-0.25, -0.2) is 0 Å². The van der Waals surface area contributed by atoms with E-state index >= 15 is 0 Å². The van der Waals surface area contributed by atoms with Gasteiger partial charge in [0.1, 0.15) is 12.3 Å². The lowest BCUT2D eigenvalue weighted by atomic mass is 10.1. The average Bonchev–Trinajstić information content (AvgIpc) is 2.59. The van der Waals surface area contributed by atoms with E-state index in [0.717, 1.165) is 42.8 Å². The lowest BCUT2D eigenvalue weighted by molar-refractivity contribution is -0.918. The molecule has 0 atom stereocenters. The predicted molar refractivity (Wildman–Crippen MR) is 105 cm³/mol. The number of phenols is 1. The van der Waals surface area contributed by atoms with Crippen molar-refractivity contribution in [1.29, 1.82) is 0 Å². The average molecular weight is 403 g/mol. The van der Waals surface area contributed by atoms with Crippen molar-refractivity contribution < 1.29 is 10.0 Å². The van der Waals surface area contributed by atoms with Gasteiger partial charge in [0.15, 0.2) is 0 Å². The molecule has 0 spiro atoms. The number of hydrazone groups is 1. The van der Waals surface area contributed by atoms with Gasteiger partial charge < -0.3 is 10.0 Å². The third-order valence-electron chi connectivity index (χ3n) is 4.74. The minimum Gasteiger partial charge on any atom is -0.507 e. The summed E-state index contributed by atoms with van der Waals surface area (Å²) in [5, 5.41) is 16.5. The van der Waals surface area contributed by atoms with Gasteiger partial charge in [-0.3, -0.25) is 5.01 Å². The van der Waals surface area contributed by atoms with E-state index in [1.807, 2.05) is 12.1 Å². The molecule has 0 bridgehead atoms. The van der Waals surface area contributed by atoms with Crippen LogP contribution in [0.4, 0.5) is 0 Å². The molecule has 0 aromatic heterocycles. The fraction of sp³-hybridized carbons (Fsp3) is 0.350. The number of benzene rings is 2. The van der Waals surface area contributed by atoms with Crippen LogP contribution < -0.4 is 4.90 Å². The van der Waals surface area contributed by atoms with Gasteiger partial charge in [-0.15, -0.1) is 0 Å². The Morgan fingerprint density at radius 3 is 2.64 bits per heavy atom. The maximum absolute atomic E-state index is 9.88. The summed E-state index contributed by atoms with van der Waals surface area (Å²) in [4.78, 5) is 1.60. The first kappa shape index (κ1) is 18.0. The van der Waals surface area contributed by atoms with Crippen LogP contribution in [-0.4, -0.2) is 42.5 Å². The molecule has 5 heteroatoms. The van der Waals surface area contributed by atoms with Crippen molar-refractivity contribution >= 4 is 22.1 Å². The Hall–Kier alpha value is -1.85. The summed E-state index contributed by atoms with van der Waals surface area (Å²) in [7, 11) is 0. The number of quaternary nitrogens is 1. The molecule has 3 rings (SSSR count). The Bertz CT molecular complexity index is 768. The highest BCUT2D eigenvalue weighted by Crippen LogP contribution is 2.20. The van der Waals surface area contributed by atoms with E-state index in [-0.39, 0.29) is 5.75 Å². The largest absolute Gasteiger partial charge is 0.507 e. The molecule has 25 heavy (non-hydrogen) atoms. The zero-order valence-corrected chi connectivity index (χ0v) is 16.4. The second kappa shape index (κ2) is 8.02. The quantitative estimate of drug-likeness (QED) is 0.771. The Morgan fingerprint density at radius 2 is 1.92 bits per heavy atom. The molecule has 2 aromatic rings. The Balaban J connectivity index is 1.55. The highest BCUT2D eigenvalue weighted by molar-refractivity contribution is 9.10.